The summed E-state index contributed by atoms with van der Waals surface area (Å²) in [6, 6.07) is 17.1. The highest BCUT2D eigenvalue weighted by Crippen LogP contribution is 2.19. The number of benzene rings is 2. The zero-order valence-electron chi connectivity index (χ0n) is 12.2. The van der Waals surface area contributed by atoms with Crippen LogP contribution in [-0.2, 0) is 5.75 Å². The molecule has 3 aromatic rings. The monoisotopic (exact) mass is 325 g/mol. The van der Waals surface area contributed by atoms with Gasteiger partial charge in [0.1, 0.15) is 5.75 Å². The van der Waals surface area contributed by atoms with Crippen LogP contribution < -0.4 is 5.43 Å². The predicted octanol–water partition coefficient (Wildman–Crippen LogP) is 3.25. The molecule has 1 heterocycles. The summed E-state index contributed by atoms with van der Waals surface area (Å²) in [4.78, 5) is 4.29. The van der Waals surface area contributed by atoms with Crippen molar-refractivity contribution >= 4 is 23.9 Å². The number of rotatable bonds is 6. The van der Waals surface area contributed by atoms with Gasteiger partial charge in [-0.3, -0.25) is 0 Å². The zero-order chi connectivity index (χ0) is 15.9. The lowest BCUT2D eigenvalue weighted by molar-refractivity contribution is 0.474. The largest absolute Gasteiger partial charge is 0.507 e. The highest BCUT2D eigenvalue weighted by molar-refractivity contribution is 7.98. The van der Waals surface area contributed by atoms with Gasteiger partial charge in [-0.25, -0.2) is 10.5 Å². The van der Waals surface area contributed by atoms with E-state index in [0.717, 1.165) is 5.75 Å². The predicted molar refractivity (Wildman–Crippen MR) is 91.7 cm³/mol. The van der Waals surface area contributed by atoms with Crippen LogP contribution in [-0.4, -0.2) is 26.5 Å². The normalized spacial score (nSPS) is 11.0. The van der Waals surface area contributed by atoms with Gasteiger partial charge in [0, 0.05) is 11.3 Å². The minimum atomic E-state index is 0.176. The van der Waals surface area contributed by atoms with Crippen molar-refractivity contribution in [2.45, 2.75) is 10.9 Å². The van der Waals surface area contributed by atoms with E-state index in [-0.39, 0.29) is 5.75 Å². The van der Waals surface area contributed by atoms with Gasteiger partial charge in [0.15, 0.2) is 0 Å². The number of aromatic nitrogens is 3. The molecule has 0 unspecified atom stereocenters. The lowest BCUT2D eigenvalue weighted by Crippen LogP contribution is -1.92. The molecule has 6 nitrogen and oxygen atoms in total. The number of nitrogens with one attached hydrogen (secondary N) is 2. The van der Waals surface area contributed by atoms with Gasteiger partial charge in [-0.15, -0.1) is 5.10 Å². The van der Waals surface area contributed by atoms with E-state index >= 15 is 0 Å². The standard InChI is InChI=1S/C16H15N5OS/c22-14-9-5-4-8-13(14)10-17-19-15-18-16(21-20-15)23-11-12-6-2-1-3-7-12/h1-10,22H,11H2,(H2,18,19,20,21)/b17-10+. The van der Waals surface area contributed by atoms with Crippen LogP contribution in [0, 0.1) is 0 Å². The number of anilines is 1. The number of phenols is 1. The van der Waals surface area contributed by atoms with Gasteiger partial charge in [0.2, 0.25) is 11.1 Å². The molecule has 0 saturated heterocycles. The Hall–Kier alpha value is -2.80. The van der Waals surface area contributed by atoms with Gasteiger partial charge in [0.25, 0.3) is 0 Å². The van der Waals surface area contributed by atoms with Gasteiger partial charge < -0.3 is 5.11 Å². The molecule has 3 rings (SSSR count). The van der Waals surface area contributed by atoms with Crippen molar-refractivity contribution in [1.29, 1.82) is 0 Å². The van der Waals surface area contributed by atoms with Gasteiger partial charge in [-0.2, -0.15) is 10.1 Å². The molecule has 0 saturated carbocycles. The highest BCUT2D eigenvalue weighted by Gasteiger charge is 2.03. The third kappa shape index (κ3) is 4.33. The molecule has 0 bridgehead atoms. The summed E-state index contributed by atoms with van der Waals surface area (Å²) in [6.45, 7) is 0. The van der Waals surface area contributed by atoms with Crippen LogP contribution in [0.5, 0.6) is 5.75 Å². The molecule has 0 radical (unpaired) electrons. The zero-order valence-corrected chi connectivity index (χ0v) is 13.0. The van der Waals surface area contributed by atoms with Crippen LogP contribution >= 0.6 is 11.8 Å². The average Bonchev–Trinajstić information content (AvgIpc) is 3.04. The molecule has 0 aliphatic rings. The topological polar surface area (TPSA) is 86.2 Å². The second-order valence-corrected chi connectivity index (χ2v) is 5.61. The molecule has 0 amide bonds. The van der Waals surface area contributed by atoms with Crippen LogP contribution in [0.2, 0.25) is 0 Å². The summed E-state index contributed by atoms with van der Waals surface area (Å²) in [5, 5.41) is 21.2. The fourth-order valence-electron chi connectivity index (χ4n) is 1.84. The van der Waals surface area contributed by atoms with Crippen LogP contribution in [0.4, 0.5) is 5.95 Å². The number of H-pyrrole nitrogens is 1. The Labute approximate surface area is 137 Å². The van der Waals surface area contributed by atoms with Gasteiger partial charge in [-0.1, -0.05) is 54.2 Å². The first-order valence-electron chi connectivity index (χ1n) is 6.97. The van der Waals surface area contributed by atoms with Gasteiger partial charge in [-0.05, 0) is 17.7 Å². The Morgan fingerprint density at radius 2 is 1.91 bits per heavy atom. The second kappa shape index (κ2) is 7.46. The quantitative estimate of drug-likeness (QED) is 0.368. The van der Waals surface area contributed by atoms with E-state index in [1.54, 1.807) is 30.0 Å². The molecular weight excluding hydrogens is 310 g/mol. The Bertz CT molecular complexity index is 788. The lowest BCUT2D eigenvalue weighted by atomic mass is 10.2. The lowest BCUT2D eigenvalue weighted by Gasteiger charge is -1.97. The number of nitrogens with zero attached hydrogens (tertiary/aromatic N) is 3. The first-order valence-corrected chi connectivity index (χ1v) is 7.96. The van der Waals surface area contributed by atoms with Crippen LogP contribution in [0.15, 0.2) is 64.9 Å². The number of hydrogen-bond donors (Lipinski definition) is 3. The first kappa shape index (κ1) is 15.1. The number of para-hydroxylation sites is 1. The second-order valence-electron chi connectivity index (χ2n) is 4.67. The molecule has 0 spiro atoms. The van der Waals surface area contributed by atoms with Crippen molar-refractivity contribution < 1.29 is 5.11 Å². The average molecular weight is 325 g/mol. The van der Waals surface area contributed by atoms with Crippen molar-refractivity contribution in [3.8, 4) is 5.75 Å². The van der Waals surface area contributed by atoms with E-state index in [4.69, 9.17) is 0 Å². The summed E-state index contributed by atoms with van der Waals surface area (Å²) in [7, 11) is 0. The molecule has 0 aliphatic carbocycles. The van der Waals surface area contributed by atoms with Crippen molar-refractivity contribution in [3.05, 3.63) is 65.7 Å². The fraction of sp³-hybridized carbons (Fsp3) is 0.0625. The summed E-state index contributed by atoms with van der Waals surface area (Å²) >= 11 is 1.54. The molecule has 2 aromatic carbocycles. The van der Waals surface area contributed by atoms with E-state index in [2.05, 4.69) is 37.8 Å². The van der Waals surface area contributed by atoms with E-state index in [1.165, 1.54) is 11.8 Å². The minimum absolute atomic E-state index is 0.176. The first-order chi connectivity index (χ1) is 11.3. The smallest absolute Gasteiger partial charge is 0.240 e. The third-order valence-electron chi connectivity index (χ3n) is 2.99. The van der Waals surface area contributed by atoms with Crippen molar-refractivity contribution in [2.24, 2.45) is 5.10 Å². The molecule has 0 atom stereocenters. The van der Waals surface area contributed by atoms with Crippen molar-refractivity contribution in [1.82, 2.24) is 15.2 Å². The Kier molecular flexibility index (Phi) is 4.90. The Morgan fingerprint density at radius 3 is 2.74 bits per heavy atom. The number of aromatic hydroxyl groups is 1. The van der Waals surface area contributed by atoms with E-state index in [0.29, 0.717) is 16.7 Å². The fourth-order valence-corrected chi connectivity index (χ4v) is 2.60. The molecule has 7 heteroatoms. The Morgan fingerprint density at radius 1 is 1.13 bits per heavy atom. The maximum Gasteiger partial charge on any atom is 0.240 e. The van der Waals surface area contributed by atoms with Gasteiger partial charge in [0.05, 0.1) is 6.21 Å². The number of hydrogen-bond acceptors (Lipinski definition) is 6. The highest BCUT2D eigenvalue weighted by atomic mass is 32.2. The SMILES string of the molecule is Oc1ccccc1/C=N/Nc1nc(SCc2ccccc2)n[nH]1. The number of aromatic amines is 1. The summed E-state index contributed by atoms with van der Waals surface area (Å²) < 4.78 is 0. The van der Waals surface area contributed by atoms with Gasteiger partial charge >= 0.3 is 0 Å². The van der Waals surface area contributed by atoms with Crippen LogP contribution in [0.3, 0.4) is 0 Å². The third-order valence-corrected chi connectivity index (χ3v) is 3.90. The molecule has 3 N–H and O–H groups in total. The summed E-state index contributed by atoms with van der Waals surface area (Å²) in [6.07, 6.45) is 1.52. The molecular formula is C16H15N5OS. The maximum atomic E-state index is 9.63. The summed E-state index contributed by atoms with van der Waals surface area (Å²) in [5.74, 6) is 1.43. The summed E-state index contributed by atoms with van der Waals surface area (Å²) in [5.41, 5.74) is 4.60. The minimum Gasteiger partial charge on any atom is -0.507 e. The molecule has 0 aliphatic heterocycles. The Balaban J connectivity index is 1.54. The number of hydrazone groups is 1. The maximum absolute atomic E-state index is 9.63. The molecule has 23 heavy (non-hydrogen) atoms. The van der Waals surface area contributed by atoms with Crippen molar-refractivity contribution in [3.63, 3.8) is 0 Å². The molecule has 116 valence electrons. The van der Waals surface area contributed by atoms with E-state index in [1.807, 2.05) is 24.3 Å². The van der Waals surface area contributed by atoms with Crippen LogP contribution in [0.1, 0.15) is 11.1 Å². The van der Waals surface area contributed by atoms with E-state index < -0.39 is 0 Å². The number of thioether (sulfide) groups is 1. The number of phenolic OH excluding ortho intramolecular Hbond substituents is 1. The van der Waals surface area contributed by atoms with E-state index in [9.17, 15) is 5.11 Å². The van der Waals surface area contributed by atoms with Crippen LogP contribution in [0.25, 0.3) is 0 Å². The molecule has 0 fully saturated rings. The van der Waals surface area contributed by atoms with Crippen molar-refractivity contribution in [2.75, 3.05) is 5.43 Å². The molecule has 1 aromatic heterocycles.